The molecule has 35 heavy (non-hydrogen) atoms. The minimum atomic E-state index is -0.102. The molecule has 1 aromatic heterocycles. The van der Waals surface area contributed by atoms with Crippen LogP contribution in [0.15, 0.2) is 79.0 Å². The van der Waals surface area contributed by atoms with Crippen LogP contribution in [0.2, 0.25) is 0 Å². The number of aryl methyl sites for hydroxylation is 1. The first-order valence-corrected chi connectivity index (χ1v) is 12.7. The third-order valence-electron chi connectivity index (χ3n) is 7.37. The van der Waals surface area contributed by atoms with Gasteiger partial charge in [0.2, 0.25) is 0 Å². The minimum absolute atomic E-state index is 0.0340. The molecule has 3 heterocycles. The maximum absolute atomic E-state index is 6.49. The van der Waals surface area contributed by atoms with Crippen molar-refractivity contribution in [3.63, 3.8) is 0 Å². The number of fused-ring (bicyclic) bond motifs is 2. The number of ether oxygens (including phenoxy) is 2. The molecule has 0 spiro atoms. The maximum Gasteiger partial charge on any atom is 0.162 e. The molecule has 0 bridgehead atoms. The van der Waals surface area contributed by atoms with E-state index >= 15 is 0 Å². The van der Waals surface area contributed by atoms with Crippen molar-refractivity contribution in [3.05, 3.63) is 95.7 Å². The van der Waals surface area contributed by atoms with Gasteiger partial charge in [0.05, 0.1) is 0 Å². The highest BCUT2D eigenvalue weighted by molar-refractivity contribution is 5.83. The van der Waals surface area contributed by atoms with Crippen LogP contribution in [-0.4, -0.2) is 60.2 Å². The predicted molar refractivity (Wildman–Crippen MR) is 140 cm³/mol. The molecule has 6 rings (SSSR count). The molecule has 2 atom stereocenters. The van der Waals surface area contributed by atoms with E-state index in [4.69, 9.17) is 9.47 Å². The van der Waals surface area contributed by atoms with Gasteiger partial charge in [-0.2, -0.15) is 0 Å². The van der Waals surface area contributed by atoms with Gasteiger partial charge in [-0.05, 0) is 48.7 Å². The molecule has 1 N–H and O–H groups in total. The smallest absolute Gasteiger partial charge is 0.162 e. The van der Waals surface area contributed by atoms with E-state index < -0.39 is 0 Å². The van der Waals surface area contributed by atoms with Gasteiger partial charge in [-0.1, -0.05) is 54.1 Å². The second-order valence-corrected chi connectivity index (χ2v) is 9.81. The van der Waals surface area contributed by atoms with Gasteiger partial charge in [-0.25, -0.2) is 0 Å². The first-order chi connectivity index (χ1) is 17.2. The number of nitrogens with zero attached hydrogens (tertiary/aromatic N) is 2. The van der Waals surface area contributed by atoms with E-state index in [2.05, 4.69) is 70.4 Å². The molecule has 0 amide bonds. The zero-order valence-corrected chi connectivity index (χ0v) is 20.3. The highest BCUT2D eigenvalue weighted by Crippen LogP contribution is 2.39. The standard InChI is InChI=1S/C30H33N3O2/c1-22-11-12-26-25(19-22)24(20-31-26)13-14-32-15-17-33(18-16-32)21-29-30(23-7-3-2-4-8-23)35-28-10-6-5-9-27(28)34-29/h2-12,19-20,29-31H,13-18,21H2,1H3. The molecule has 3 aromatic carbocycles. The summed E-state index contributed by atoms with van der Waals surface area (Å²) in [6.07, 6.45) is 3.13. The zero-order valence-electron chi connectivity index (χ0n) is 20.3. The van der Waals surface area contributed by atoms with Crippen LogP contribution in [0.25, 0.3) is 10.9 Å². The summed E-state index contributed by atoms with van der Waals surface area (Å²) in [5.74, 6) is 1.67. The van der Waals surface area contributed by atoms with E-state index in [0.717, 1.165) is 57.2 Å². The number of benzene rings is 3. The molecule has 1 saturated heterocycles. The van der Waals surface area contributed by atoms with Crippen molar-refractivity contribution in [2.24, 2.45) is 0 Å². The number of piperazine rings is 1. The van der Waals surface area contributed by atoms with Crippen LogP contribution in [0.3, 0.4) is 0 Å². The number of nitrogens with one attached hydrogen (secondary N) is 1. The monoisotopic (exact) mass is 467 g/mol. The number of aromatic nitrogens is 1. The Morgan fingerprint density at radius 3 is 2.34 bits per heavy atom. The quantitative estimate of drug-likeness (QED) is 0.422. The first-order valence-electron chi connectivity index (χ1n) is 12.7. The van der Waals surface area contributed by atoms with Crippen molar-refractivity contribution in [2.75, 3.05) is 39.3 Å². The lowest BCUT2D eigenvalue weighted by Gasteiger charge is -2.40. The highest BCUT2D eigenvalue weighted by atomic mass is 16.6. The molecular formula is C30H33N3O2. The van der Waals surface area contributed by atoms with Crippen molar-refractivity contribution in [3.8, 4) is 11.5 Å². The van der Waals surface area contributed by atoms with Crippen LogP contribution in [0.4, 0.5) is 0 Å². The van der Waals surface area contributed by atoms with Crippen molar-refractivity contribution in [2.45, 2.75) is 25.6 Å². The molecule has 2 aliphatic heterocycles. The highest BCUT2D eigenvalue weighted by Gasteiger charge is 2.34. The van der Waals surface area contributed by atoms with Gasteiger partial charge in [-0.15, -0.1) is 0 Å². The molecule has 4 aromatic rings. The number of aromatic amines is 1. The Morgan fingerprint density at radius 1 is 0.829 bits per heavy atom. The number of para-hydroxylation sites is 2. The average molecular weight is 468 g/mol. The van der Waals surface area contributed by atoms with Gasteiger partial charge >= 0.3 is 0 Å². The van der Waals surface area contributed by atoms with Crippen LogP contribution in [-0.2, 0) is 6.42 Å². The third-order valence-corrected chi connectivity index (χ3v) is 7.37. The normalized spacial score (nSPS) is 20.8. The van der Waals surface area contributed by atoms with Crippen LogP contribution < -0.4 is 9.47 Å². The van der Waals surface area contributed by atoms with E-state index in [1.807, 2.05) is 30.3 Å². The Kier molecular flexibility index (Phi) is 6.19. The van der Waals surface area contributed by atoms with Gasteiger partial charge in [0.15, 0.2) is 23.7 Å². The van der Waals surface area contributed by atoms with E-state index in [1.165, 1.54) is 27.6 Å². The maximum atomic E-state index is 6.49. The molecular weight excluding hydrogens is 434 g/mol. The van der Waals surface area contributed by atoms with Crippen molar-refractivity contribution < 1.29 is 9.47 Å². The molecule has 2 aliphatic rings. The van der Waals surface area contributed by atoms with Crippen molar-refractivity contribution >= 4 is 10.9 Å². The molecule has 2 unspecified atom stereocenters. The Labute approximate surface area is 207 Å². The fourth-order valence-corrected chi connectivity index (χ4v) is 5.37. The summed E-state index contributed by atoms with van der Waals surface area (Å²) in [6, 6.07) is 25.1. The number of H-pyrrole nitrogens is 1. The van der Waals surface area contributed by atoms with E-state index in [-0.39, 0.29) is 12.2 Å². The summed E-state index contributed by atoms with van der Waals surface area (Å²) >= 11 is 0. The van der Waals surface area contributed by atoms with Gasteiger partial charge in [-0.3, -0.25) is 4.90 Å². The van der Waals surface area contributed by atoms with Crippen LogP contribution in [0, 0.1) is 6.92 Å². The average Bonchev–Trinajstić information content (AvgIpc) is 3.30. The second-order valence-electron chi connectivity index (χ2n) is 9.81. The molecule has 0 aliphatic carbocycles. The Hall–Kier alpha value is -3.28. The fourth-order valence-electron chi connectivity index (χ4n) is 5.37. The number of rotatable bonds is 6. The summed E-state index contributed by atoms with van der Waals surface area (Å²) in [7, 11) is 0. The molecule has 1 fully saturated rings. The van der Waals surface area contributed by atoms with Crippen molar-refractivity contribution in [1.82, 2.24) is 14.8 Å². The van der Waals surface area contributed by atoms with Crippen molar-refractivity contribution in [1.29, 1.82) is 0 Å². The lowest BCUT2D eigenvalue weighted by molar-refractivity contribution is -0.00962. The topological polar surface area (TPSA) is 40.7 Å². The van der Waals surface area contributed by atoms with E-state index in [0.29, 0.717) is 0 Å². The van der Waals surface area contributed by atoms with Gasteiger partial charge in [0.25, 0.3) is 0 Å². The van der Waals surface area contributed by atoms with Crippen LogP contribution in [0.1, 0.15) is 22.8 Å². The molecule has 0 radical (unpaired) electrons. The molecule has 5 heteroatoms. The summed E-state index contributed by atoms with van der Waals surface area (Å²) < 4.78 is 12.9. The predicted octanol–water partition coefficient (Wildman–Crippen LogP) is 5.22. The number of hydrogen-bond acceptors (Lipinski definition) is 4. The zero-order chi connectivity index (χ0) is 23.6. The lowest BCUT2D eigenvalue weighted by Crippen LogP contribution is -2.51. The molecule has 5 nitrogen and oxygen atoms in total. The SMILES string of the molecule is Cc1ccc2[nH]cc(CCN3CCN(CC4Oc5ccccc5OC4c4ccccc4)CC3)c2c1. The summed E-state index contributed by atoms with van der Waals surface area (Å²) in [5, 5.41) is 1.37. The van der Waals surface area contributed by atoms with E-state index in [1.54, 1.807) is 0 Å². The second kappa shape index (κ2) is 9.76. The Bertz CT molecular complexity index is 1280. The number of hydrogen-bond donors (Lipinski definition) is 1. The van der Waals surface area contributed by atoms with E-state index in [9.17, 15) is 0 Å². The lowest BCUT2D eigenvalue weighted by atomic mass is 10.0. The van der Waals surface area contributed by atoms with Crippen LogP contribution in [0.5, 0.6) is 11.5 Å². The summed E-state index contributed by atoms with van der Waals surface area (Å²) in [4.78, 5) is 8.55. The molecule has 180 valence electrons. The fraction of sp³-hybridized carbons (Fsp3) is 0.333. The minimum Gasteiger partial charge on any atom is -0.481 e. The molecule has 0 saturated carbocycles. The summed E-state index contributed by atoms with van der Waals surface area (Å²) in [6.45, 7) is 8.40. The third kappa shape index (κ3) is 4.79. The van der Waals surface area contributed by atoms with Gasteiger partial charge in [0.1, 0.15) is 0 Å². The Balaban J connectivity index is 1.07. The largest absolute Gasteiger partial charge is 0.481 e. The van der Waals surface area contributed by atoms with Gasteiger partial charge < -0.3 is 19.4 Å². The summed E-state index contributed by atoms with van der Waals surface area (Å²) in [5.41, 5.74) is 5.14. The van der Waals surface area contributed by atoms with Crippen LogP contribution >= 0.6 is 0 Å². The first kappa shape index (κ1) is 22.2. The van der Waals surface area contributed by atoms with Gasteiger partial charge in [0, 0.05) is 56.4 Å². The Morgan fingerprint density at radius 2 is 1.54 bits per heavy atom.